The van der Waals surface area contributed by atoms with Crippen LogP contribution in [-0.2, 0) is 4.79 Å². The van der Waals surface area contributed by atoms with Crippen LogP contribution in [0.15, 0.2) is 42.6 Å². The van der Waals surface area contributed by atoms with Crippen LogP contribution in [0, 0.1) is 10.1 Å². The maximum Gasteiger partial charge on any atom is 0.239 e. The van der Waals surface area contributed by atoms with Gasteiger partial charge < -0.3 is 14.8 Å². The molecular formula is C20H19ClN2O5. The van der Waals surface area contributed by atoms with Gasteiger partial charge in [0.2, 0.25) is 12.1 Å². The number of amides is 1. The highest BCUT2D eigenvalue weighted by Gasteiger charge is 2.10. The van der Waals surface area contributed by atoms with Crippen molar-refractivity contribution in [2.24, 2.45) is 0 Å². The number of nitrogens with zero attached hydrogens (tertiary/aromatic N) is 1. The first kappa shape index (κ1) is 21.0. The van der Waals surface area contributed by atoms with Crippen LogP contribution in [0.4, 0.5) is 5.69 Å². The zero-order valence-corrected chi connectivity index (χ0v) is 16.1. The average molecular weight is 403 g/mol. The second-order valence-electron chi connectivity index (χ2n) is 5.57. The number of carbonyl (C=O) groups is 1. The van der Waals surface area contributed by atoms with Crippen LogP contribution >= 0.6 is 11.6 Å². The Morgan fingerprint density at radius 2 is 1.86 bits per heavy atom. The van der Waals surface area contributed by atoms with Crippen molar-refractivity contribution < 1.29 is 19.2 Å². The highest BCUT2D eigenvalue weighted by atomic mass is 35.5. The lowest BCUT2D eigenvalue weighted by atomic mass is 10.0. The summed E-state index contributed by atoms with van der Waals surface area (Å²) in [6, 6.07) is 10.6. The molecule has 146 valence electrons. The second-order valence-corrected chi connectivity index (χ2v) is 5.84. The van der Waals surface area contributed by atoms with Crippen molar-refractivity contribution in [3.05, 3.63) is 69.4 Å². The number of halogens is 1. The Bertz CT molecular complexity index is 908. The van der Waals surface area contributed by atoms with Gasteiger partial charge in [-0.15, -0.1) is 11.6 Å². The molecule has 0 aromatic heterocycles. The molecule has 0 saturated heterocycles. The predicted octanol–water partition coefficient (Wildman–Crippen LogP) is 4.30. The quantitative estimate of drug-likeness (QED) is 0.307. The highest BCUT2D eigenvalue weighted by molar-refractivity contribution is 6.29. The van der Waals surface area contributed by atoms with Crippen LogP contribution in [0.5, 0.6) is 11.5 Å². The average Bonchev–Trinajstić information content (AvgIpc) is 2.71. The lowest BCUT2D eigenvalue weighted by Crippen LogP contribution is -2.12. The molecule has 1 N–H and O–H groups in total. The normalized spacial score (nSPS) is 11.0. The number of hydrogen-bond acceptors (Lipinski definition) is 5. The number of carbonyl (C=O) groups excluding carboxylic acids is 1. The van der Waals surface area contributed by atoms with Crippen molar-refractivity contribution in [2.75, 3.05) is 25.4 Å². The van der Waals surface area contributed by atoms with E-state index >= 15 is 0 Å². The number of rotatable bonds is 8. The minimum Gasteiger partial charge on any atom is -0.497 e. The van der Waals surface area contributed by atoms with Crippen LogP contribution in [0.1, 0.15) is 16.7 Å². The molecule has 1 amide bonds. The lowest BCUT2D eigenvalue weighted by Gasteiger charge is -2.11. The van der Waals surface area contributed by atoms with E-state index in [1.54, 1.807) is 30.3 Å². The van der Waals surface area contributed by atoms with Crippen molar-refractivity contribution in [2.45, 2.75) is 0 Å². The molecule has 2 aromatic rings. The van der Waals surface area contributed by atoms with Gasteiger partial charge in [0, 0.05) is 23.4 Å². The Kier molecular flexibility index (Phi) is 7.59. The fourth-order valence-corrected chi connectivity index (χ4v) is 2.49. The molecule has 0 bridgehead atoms. The van der Waals surface area contributed by atoms with Gasteiger partial charge in [0.05, 0.1) is 19.1 Å². The number of alkyl halides is 1. The molecule has 0 unspecified atom stereocenters. The predicted molar refractivity (Wildman–Crippen MR) is 110 cm³/mol. The third-order valence-corrected chi connectivity index (χ3v) is 3.98. The molecule has 28 heavy (non-hydrogen) atoms. The van der Waals surface area contributed by atoms with E-state index in [1.165, 1.54) is 20.3 Å². The van der Waals surface area contributed by atoms with Crippen molar-refractivity contribution in [1.29, 1.82) is 0 Å². The Labute approximate surface area is 167 Å². The minimum atomic E-state index is -0.537. The van der Waals surface area contributed by atoms with Gasteiger partial charge in [-0.05, 0) is 29.3 Å². The Hall–Kier alpha value is -3.32. The van der Waals surface area contributed by atoms with Gasteiger partial charge in [0.15, 0.2) is 0 Å². The smallest absolute Gasteiger partial charge is 0.239 e. The fourth-order valence-electron chi connectivity index (χ4n) is 2.42. The van der Waals surface area contributed by atoms with Gasteiger partial charge >= 0.3 is 0 Å². The molecule has 0 spiro atoms. The molecule has 8 heteroatoms. The number of ether oxygens (including phenoxy) is 2. The number of nitro groups is 1. The Balaban J connectivity index is 2.35. The molecule has 7 nitrogen and oxygen atoms in total. The summed E-state index contributed by atoms with van der Waals surface area (Å²) in [5.74, 6) is 0.625. The molecule has 0 aliphatic heterocycles. The van der Waals surface area contributed by atoms with E-state index in [0.29, 0.717) is 28.3 Å². The largest absolute Gasteiger partial charge is 0.497 e. The van der Waals surface area contributed by atoms with Gasteiger partial charge in [-0.25, -0.2) is 0 Å². The van der Waals surface area contributed by atoms with Gasteiger partial charge in [0.1, 0.15) is 17.4 Å². The minimum absolute atomic E-state index is 0.111. The van der Waals surface area contributed by atoms with Crippen molar-refractivity contribution >= 4 is 41.4 Å². The van der Waals surface area contributed by atoms with Crippen LogP contribution in [0.3, 0.4) is 0 Å². The number of hydrogen-bond donors (Lipinski definition) is 1. The van der Waals surface area contributed by atoms with Crippen molar-refractivity contribution in [1.82, 2.24) is 0 Å². The molecule has 0 aliphatic rings. The molecular weight excluding hydrogens is 384 g/mol. The molecule has 0 heterocycles. The van der Waals surface area contributed by atoms with Gasteiger partial charge in [0.25, 0.3) is 0 Å². The van der Waals surface area contributed by atoms with E-state index in [4.69, 9.17) is 21.1 Å². The van der Waals surface area contributed by atoms with Gasteiger partial charge in [-0.2, -0.15) is 0 Å². The summed E-state index contributed by atoms with van der Waals surface area (Å²) < 4.78 is 10.6. The molecule has 0 radical (unpaired) electrons. The zero-order chi connectivity index (χ0) is 20.5. The van der Waals surface area contributed by atoms with E-state index in [-0.39, 0.29) is 11.8 Å². The van der Waals surface area contributed by atoms with E-state index in [1.807, 2.05) is 18.2 Å². The summed E-state index contributed by atoms with van der Waals surface area (Å²) in [5.41, 5.74) is 2.76. The first-order valence-corrected chi connectivity index (χ1v) is 8.72. The summed E-state index contributed by atoms with van der Waals surface area (Å²) >= 11 is 5.47. The summed E-state index contributed by atoms with van der Waals surface area (Å²) in [6.45, 7) is 0. The van der Waals surface area contributed by atoms with Crippen LogP contribution in [0.25, 0.3) is 18.2 Å². The second kappa shape index (κ2) is 10.1. The van der Waals surface area contributed by atoms with Crippen LogP contribution in [0.2, 0.25) is 0 Å². The standard InChI is InChI=1S/C20H19ClN2O5/c1-27-17-11-15(18(9-10-23(25)26)19(12-17)28-2)6-3-14-4-7-16(8-5-14)22-20(24)13-21/h3-12H,13H2,1-2H3,(H,22,24)/b6-3+,10-9+. The van der Waals surface area contributed by atoms with Crippen LogP contribution < -0.4 is 14.8 Å². The first-order valence-electron chi connectivity index (χ1n) is 8.18. The first-order chi connectivity index (χ1) is 13.5. The third kappa shape index (κ3) is 5.85. The monoisotopic (exact) mass is 402 g/mol. The van der Waals surface area contributed by atoms with Crippen molar-refractivity contribution in [3.63, 3.8) is 0 Å². The maximum atomic E-state index is 11.3. The van der Waals surface area contributed by atoms with E-state index in [9.17, 15) is 14.9 Å². The summed E-state index contributed by atoms with van der Waals surface area (Å²) in [6.07, 6.45) is 5.88. The van der Waals surface area contributed by atoms with Crippen LogP contribution in [-0.4, -0.2) is 30.9 Å². The molecule has 0 atom stereocenters. The Morgan fingerprint density at radius 3 is 2.43 bits per heavy atom. The summed E-state index contributed by atoms with van der Waals surface area (Å²) in [4.78, 5) is 21.5. The molecule has 0 saturated carbocycles. The van der Waals surface area contributed by atoms with E-state index < -0.39 is 4.92 Å². The van der Waals surface area contributed by atoms with Gasteiger partial charge in [-0.3, -0.25) is 14.9 Å². The fraction of sp³-hybridized carbons (Fsp3) is 0.150. The van der Waals surface area contributed by atoms with Crippen molar-refractivity contribution in [3.8, 4) is 11.5 Å². The number of methoxy groups -OCH3 is 2. The molecule has 2 rings (SSSR count). The molecule has 0 aliphatic carbocycles. The number of nitrogens with one attached hydrogen (secondary N) is 1. The Morgan fingerprint density at radius 1 is 1.14 bits per heavy atom. The highest BCUT2D eigenvalue weighted by Crippen LogP contribution is 2.31. The number of anilines is 1. The topological polar surface area (TPSA) is 90.7 Å². The lowest BCUT2D eigenvalue weighted by molar-refractivity contribution is -0.400. The zero-order valence-electron chi connectivity index (χ0n) is 15.3. The van der Waals surface area contributed by atoms with E-state index in [2.05, 4.69) is 5.32 Å². The maximum absolute atomic E-state index is 11.3. The molecule has 0 fully saturated rings. The summed E-state index contributed by atoms with van der Waals surface area (Å²) in [7, 11) is 3.02. The van der Waals surface area contributed by atoms with Gasteiger partial charge in [-0.1, -0.05) is 24.3 Å². The summed E-state index contributed by atoms with van der Waals surface area (Å²) in [5, 5.41) is 13.4. The molecule has 2 aromatic carbocycles. The number of benzene rings is 2. The van der Waals surface area contributed by atoms with E-state index in [0.717, 1.165) is 11.8 Å². The third-order valence-electron chi connectivity index (χ3n) is 3.74. The SMILES string of the molecule is COc1cc(/C=C/c2ccc(NC(=O)CCl)cc2)c(/C=C/[N+](=O)[O-])c(OC)c1.